The second kappa shape index (κ2) is 9.81. The number of ether oxygens (including phenoxy) is 1. The Bertz CT molecular complexity index is 909. The number of imide groups is 1. The molecule has 2 aliphatic rings. The number of carbonyl (C=O) groups is 2. The van der Waals surface area contributed by atoms with Gasteiger partial charge in [0.25, 0.3) is 5.91 Å². The van der Waals surface area contributed by atoms with Gasteiger partial charge in [0, 0.05) is 37.7 Å². The van der Waals surface area contributed by atoms with Gasteiger partial charge in [-0.05, 0) is 48.4 Å². The quantitative estimate of drug-likeness (QED) is 0.615. The van der Waals surface area contributed by atoms with Gasteiger partial charge in [0.2, 0.25) is 5.91 Å². The second-order valence-electron chi connectivity index (χ2n) is 8.07. The van der Waals surface area contributed by atoms with E-state index in [-0.39, 0.29) is 24.3 Å². The number of piperazine rings is 1. The van der Waals surface area contributed by atoms with Crippen LogP contribution in [0.4, 0.5) is 5.69 Å². The van der Waals surface area contributed by atoms with Crippen molar-refractivity contribution in [2.45, 2.75) is 32.4 Å². The van der Waals surface area contributed by atoms with Crippen LogP contribution in [0.5, 0.6) is 5.75 Å². The van der Waals surface area contributed by atoms with Crippen molar-refractivity contribution in [2.75, 3.05) is 37.7 Å². The number of rotatable bonds is 7. The standard InChI is InChI=1S/C24H28ClN3O3/c1-2-15-31-21-9-7-20(8-10-21)28-23(29)16-22(24(28)30)27-13-11-26(12-14-27)17-18-3-5-19(25)6-4-18/h3-10,22H,2,11-17H2,1H3/t22-/m1/s1. The van der Waals surface area contributed by atoms with Gasteiger partial charge in [0.15, 0.2) is 0 Å². The zero-order valence-corrected chi connectivity index (χ0v) is 18.6. The van der Waals surface area contributed by atoms with E-state index < -0.39 is 0 Å². The molecule has 4 rings (SSSR count). The van der Waals surface area contributed by atoms with Crippen LogP contribution in [0.25, 0.3) is 0 Å². The fourth-order valence-electron chi connectivity index (χ4n) is 4.16. The summed E-state index contributed by atoms with van der Waals surface area (Å²) in [5.41, 5.74) is 1.84. The van der Waals surface area contributed by atoms with Gasteiger partial charge in [0.1, 0.15) is 5.75 Å². The lowest BCUT2D eigenvalue weighted by atomic mass is 10.1. The topological polar surface area (TPSA) is 53.1 Å². The molecule has 7 heteroatoms. The normalized spacial score (nSPS) is 20.5. The number of benzene rings is 2. The van der Waals surface area contributed by atoms with Gasteiger partial charge in [-0.15, -0.1) is 0 Å². The number of nitrogens with zero attached hydrogens (tertiary/aromatic N) is 3. The van der Waals surface area contributed by atoms with E-state index in [4.69, 9.17) is 16.3 Å². The van der Waals surface area contributed by atoms with E-state index in [0.717, 1.165) is 49.9 Å². The van der Waals surface area contributed by atoms with Crippen molar-refractivity contribution in [3.63, 3.8) is 0 Å². The number of hydrogen-bond donors (Lipinski definition) is 0. The fourth-order valence-corrected chi connectivity index (χ4v) is 4.29. The zero-order chi connectivity index (χ0) is 21.8. The Morgan fingerprint density at radius 2 is 1.65 bits per heavy atom. The molecule has 1 atom stereocenters. The van der Waals surface area contributed by atoms with Crippen molar-refractivity contribution in [1.29, 1.82) is 0 Å². The summed E-state index contributed by atoms with van der Waals surface area (Å²) in [6, 6.07) is 14.7. The van der Waals surface area contributed by atoms with Crippen LogP contribution in [-0.4, -0.2) is 60.4 Å². The summed E-state index contributed by atoms with van der Waals surface area (Å²) < 4.78 is 5.59. The molecule has 0 aromatic heterocycles. The zero-order valence-electron chi connectivity index (χ0n) is 17.8. The Morgan fingerprint density at radius 3 is 2.29 bits per heavy atom. The predicted molar refractivity (Wildman–Crippen MR) is 121 cm³/mol. The van der Waals surface area contributed by atoms with Crippen molar-refractivity contribution in [2.24, 2.45) is 0 Å². The minimum atomic E-state index is -0.374. The van der Waals surface area contributed by atoms with Crippen LogP contribution in [0.1, 0.15) is 25.3 Å². The highest BCUT2D eigenvalue weighted by Crippen LogP contribution is 2.28. The molecule has 2 fully saturated rings. The lowest BCUT2D eigenvalue weighted by Crippen LogP contribution is -2.52. The molecular weight excluding hydrogens is 414 g/mol. The van der Waals surface area contributed by atoms with Crippen LogP contribution >= 0.6 is 11.6 Å². The first kappa shape index (κ1) is 21.8. The maximum absolute atomic E-state index is 13.1. The van der Waals surface area contributed by atoms with Crippen molar-refractivity contribution in [1.82, 2.24) is 9.80 Å². The van der Waals surface area contributed by atoms with Crippen LogP contribution < -0.4 is 9.64 Å². The molecule has 0 aliphatic carbocycles. The van der Waals surface area contributed by atoms with Crippen LogP contribution in [-0.2, 0) is 16.1 Å². The maximum atomic E-state index is 13.1. The number of halogens is 1. The average Bonchev–Trinajstić information content (AvgIpc) is 3.09. The van der Waals surface area contributed by atoms with Gasteiger partial charge in [-0.25, -0.2) is 4.90 Å². The maximum Gasteiger partial charge on any atom is 0.251 e. The van der Waals surface area contributed by atoms with E-state index in [0.29, 0.717) is 12.3 Å². The molecule has 0 spiro atoms. The average molecular weight is 442 g/mol. The molecule has 2 aromatic carbocycles. The van der Waals surface area contributed by atoms with E-state index in [9.17, 15) is 9.59 Å². The number of anilines is 1. The van der Waals surface area contributed by atoms with Crippen LogP contribution in [0.2, 0.25) is 5.02 Å². The minimum absolute atomic E-state index is 0.127. The van der Waals surface area contributed by atoms with Gasteiger partial charge in [-0.2, -0.15) is 0 Å². The summed E-state index contributed by atoms with van der Waals surface area (Å²) in [6.45, 7) is 6.83. The van der Waals surface area contributed by atoms with Gasteiger partial charge in [0.05, 0.1) is 24.8 Å². The van der Waals surface area contributed by atoms with Gasteiger partial charge >= 0.3 is 0 Å². The summed E-state index contributed by atoms with van der Waals surface area (Å²) in [6.07, 6.45) is 1.17. The van der Waals surface area contributed by atoms with E-state index in [1.807, 2.05) is 43.3 Å². The molecule has 6 nitrogen and oxygen atoms in total. The third-order valence-electron chi connectivity index (χ3n) is 5.86. The minimum Gasteiger partial charge on any atom is -0.494 e. The Labute approximate surface area is 188 Å². The lowest BCUT2D eigenvalue weighted by Gasteiger charge is -2.37. The first-order valence-corrected chi connectivity index (χ1v) is 11.2. The molecule has 0 radical (unpaired) electrons. The molecular formula is C24H28ClN3O3. The highest BCUT2D eigenvalue weighted by atomic mass is 35.5. The second-order valence-corrected chi connectivity index (χ2v) is 8.50. The summed E-state index contributed by atoms with van der Waals surface area (Å²) >= 11 is 5.97. The Hall–Kier alpha value is -2.41. The molecule has 2 amide bonds. The highest BCUT2D eigenvalue weighted by Gasteiger charge is 2.43. The summed E-state index contributed by atoms with van der Waals surface area (Å²) in [4.78, 5) is 31.6. The molecule has 31 heavy (non-hydrogen) atoms. The summed E-state index contributed by atoms with van der Waals surface area (Å²) in [5, 5.41) is 0.741. The largest absolute Gasteiger partial charge is 0.494 e. The Balaban J connectivity index is 1.34. The monoisotopic (exact) mass is 441 g/mol. The molecule has 0 N–H and O–H groups in total. The third kappa shape index (κ3) is 5.09. The van der Waals surface area contributed by atoms with Gasteiger partial charge in [-0.3, -0.25) is 19.4 Å². The number of hydrogen-bond acceptors (Lipinski definition) is 5. The van der Waals surface area contributed by atoms with E-state index >= 15 is 0 Å². The highest BCUT2D eigenvalue weighted by molar-refractivity contribution is 6.30. The fraction of sp³-hybridized carbons (Fsp3) is 0.417. The molecule has 2 aliphatic heterocycles. The summed E-state index contributed by atoms with van der Waals surface area (Å²) in [7, 11) is 0. The van der Waals surface area contributed by atoms with Crippen LogP contribution in [0.3, 0.4) is 0 Å². The molecule has 2 aromatic rings. The van der Waals surface area contributed by atoms with Gasteiger partial charge < -0.3 is 4.74 Å². The van der Waals surface area contributed by atoms with E-state index in [1.54, 1.807) is 12.1 Å². The molecule has 0 bridgehead atoms. The first-order chi connectivity index (χ1) is 15.0. The molecule has 2 saturated heterocycles. The van der Waals surface area contributed by atoms with Crippen molar-refractivity contribution >= 4 is 29.1 Å². The molecule has 2 heterocycles. The molecule has 0 unspecified atom stereocenters. The first-order valence-electron chi connectivity index (χ1n) is 10.9. The molecule has 0 saturated carbocycles. The lowest BCUT2D eigenvalue weighted by molar-refractivity contribution is -0.123. The Morgan fingerprint density at radius 1 is 0.968 bits per heavy atom. The van der Waals surface area contributed by atoms with E-state index in [1.165, 1.54) is 10.5 Å². The summed E-state index contributed by atoms with van der Waals surface area (Å²) in [5.74, 6) is 0.484. The van der Waals surface area contributed by atoms with Crippen molar-refractivity contribution in [3.05, 3.63) is 59.1 Å². The molecule has 164 valence electrons. The van der Waals surface area contributed by atoms with E-state index in [2.05, 4.69) is 9.80 Å². The number of amides is 2. The Kier molecular flexibility index (Phi) is 6.90. The van der Waals surface area contributed by atoms with Gasteiger partial charge in [-0.1, -0.05) is 30.7 Å². The van der Waals surface area contributed by atoms with Crippen molar-refractivity contribution in [3.8, 4) is 5.75 Å². The predicted octanol–water partition coefficient (Wildman–Crippen LogP) is 3.58. The van der Waals surface area contributed by atoms with Crippen LogP contribution in [0.15, 0.2) is 48.5 Å². The van der Waals surface area contributed by atoms with Crippen molar-refractivity contribution < 1.29 is 14.3 Å². The smallest absolute Gasteiger partial charge is 0.251 e. The number of carbonyl (C=O) groups excluding carboxylic acids is 2. The van der Waals surface area contributed by atoms with Crippen LogP contribution in [0, 0.1) is 0 Å². The third-order valence-corrected chi connectivity index (χ3v) is 6.11. The SMILES string of the molecule is CCCOc1ccc(N2C(=O)C[C@@H](N3CCN(Cc4ccc(Cl)cc4)CC3)C2=O)cc1.